The van der Waals surface area contributed by atoms with E-state index in [-0.39, 0.29) is 0 Å². The monoisotopic (exact) mass is 266 g/mol. The van der Waals surface area contributed by atoms with Gasteiger partial charge in [-0.3, -0.25) is 4.90 Å². The molecule has 0 spiro atoms. The van der Waals surface area contributed by atoms with E-state index in [0.717, 1.165) is 11.8 Å². The standard InChI is InChI=1S/C17H34N2/c1-5-6-7-8-11-19-12-16(14(2)3)18-13-17(19,4)15-9-10-15/h14-16,18H,5-13H2,1-4H3. The van der Waals surface area contributed by atoms with Crippen LogP contribution in [-0.2, 0) is 0 Å². The zero-order valence-corrected chi connectivity index (χ0v) is 13.5. The molecule has 2 aliphatic rings. The molecule has 1 saturated carbocycles. The topological polar surface area (TPSA) is 15.3 Å². The molecule has 1 saturated heterocycles. The summed E-state index contributed by atoms with van der Waals surface area (Å²) >= 11 is 0. The third-order valence-electron chi connectivity index (χ3n) is 5.40. The fraction of sp³-hybridized carbons (Fsp3) is 1.00. The lowest BCUT2D eigenvalue weighted by atomic mass is 9.87. The summed E-state index contributed by atoms with van der Waals surface area (Å²) in [6.07, 6.45) is 8.45. The number of hydrogen-bond donors (Lipinski definition) is 1. The van der Waals surface area contributed by atoms with Gasteiger partial charge in [0.15, 0.2) is 0 Å². The minimum Gasteiger partial charge on any atom is -0.311 e. The van der Waals surface area contributed by atoms with Gasteiger partial charge in [-0.25, -0.2) is 0 Å². The highest BCUT2D eigenvalue weighted by Crippen LogP contribution is 2.44. The van der Waals surface area contributed by atoms with Gasteiger partial charge in [0.2, 0.25) is 0 Å². The SMILES string of the molecule is CCCCCCN1CC(C(C)C)NCC1(C)C1CC1. The van der Waals surface area contributed by atoms with Crippen LogP contribution in [0.2, 0.25) is 0 Å². The summed E-state index contributed by atoms with van der Waals surface area (Å²) in [6.45, 7) is 13.3. The van der Waals surface area contributed by atoms with Crippen LogP contribution >= 0.6 is 0 Å². The molecular formula is C17H34N2. The largest absolute Gasteiger partial charge is 0.311 e. The van der Waals surface area contributed by atoms with Gasteiger partial charge in [0.1, 0.15) is 0 Å². The first-order valence-corrected chi connectivity index (χ1v) is 8.56. The molecule has 1 N–H and O–H groups in total. The molecule has 0 aromatic heterocycles. The van der Waals surface area contributed by atoms with Gasteiger partial charge in [-0.15, -0.1) is 0 Å². The number of piperazine rings is 1. The molecular weight excluding hydrogens is 232 g/mol. The Bertz CT molecular complexity index is 272. The van der Waals surface area contributed by atoms with Crippen molar-refractivity contribution in [2.45, 2.75) is 77.8 Å². The van der Waals surface area contributed by atoms with Crippen LogP contribution < -0.4 is 5.32 Å². The molecule has 2 rings (SSSR count). The van der Waals surface area contributed by atoms with Gasteiger partial charge in [-0.1, -0.05) is 40.0 Å². The van der Waals surface area contributed by atoms with Crippen molar-refractivity contribution in [2.75, 3.05) is 19.6 Å². The van der Waals surface area contributed by atoms with Crippen LogP contribution in [0.4, 0.5) is 0 Å². The molecule has 1 aliphatic heterocycles. The number of nitrogens with one attached hydrogen (secondary N) is 1. The lowest BCUT2D eigenvalue weighted by molar-refractivity contribution is 0.0242. The Labute approximate surface area is 120 Å². The summed E-state index contributed by atoms with van der Waals surface area (Å²) in [5, 5.41) is 3.82. The van der Waals surface area contributed by atoms with Crippen molar-refractivity contribution in [2.24, 2.45) is 11.8 Å². The summed E-state index contributed by atoms with van der Waals surface area (Å²) in [5.74, 6) is 1.71. The van der Waals surface area contributed by atoms with Gasteiger partial charge < -0.3 is 5.32 Å². The second-order valence-corrected chi connectivity index (χ2v) is 7.37. The van der Waals surface area contributed by atoms with Crippen molar-refractivity contribution >= 4 is 0 Å². The molecule has 1 aliphatic carbocycles. The van der Waals surface area contributed by atoms with E-state index in [2.05, 4.69) is 37.9 Å². The molecule has 2 fully saturated rings. The fourth-order valence-electron chi connectivity index (χ4n) is 3.59. The maximum absolute atomic E-state index is 3.82. The molecule has 0 amide bonds. The Balaban J connectivity index is 1.91. The van der Waals surface area contributed by atoms with Gasteiger partial charge in [0.25, 0.3) is 0 Å². The Morgan fingerprint density at radius 2 is 1.95 bits per heavy atom. The van der Waals surface area contributed by atoms with Crippen molar-refractivity contribution in [1.82, 2.24) is 10.2 Å². The van der Waals surface area contributed by atoms with Crippen LogP contribution in [0.1, 0.15) is 66.2 Å². The Morgan fingerprint density at radius 3 is 2.53 bits per heavy atom. The van der Waals surface area contributed by atoms with Gasteiger partial charge in [0, 0.05) is 24.7 Å². The summed E-state index contributed by atoms with van der Waals surface area (Å²) in [6, 6.07) is 0.693. The van der Waals surface area contributed by atoms with E-state index in [1.54, 1.807) is 0 Å². The molecule has 112 valence electrons. The molecule has 1 heterocycles. The first-order chi connectivity index (χ1) is 9.08. The Morgan fingerprint density at radius 1 is 1.21 bits per heavy atom. The molecule has 19 heavy (non-hydrogen) atoms. The highest BCUT2D eigenvalue weighted by Gasteiger charge is 2.48. The molecule has 0 bridgehead atoms. The van der Waals surface area contributed by atoms with Gasteiger partial charge in [-0.05, 0) is 44.6 Å². The van der Waals surface area contributed by atoms with Crippen LogP contribution in [0, 0.1) is 11.8 Å². The van der Waals surface area contributed by atoms with Crippen LogP contribution in [0.15, 0.2) is 0 Å². The van der Waals surface area contributed by atoms with E-state index >= 15 is 0 Å². The number of hydrogen-bond acceptors (Lipinski definition) is 2. The van der Waals surface area contributed by atoms with E-state index < -0.39 is 0 Å². The third-order valence-corrected chi connectivity index (χ3v) is 5.40. The summed E-state index contributed by atoms with van der Waals surface area (Å²) in [7, 11) is 0. The van der Waals surface area contributed by atoms with Gasteiger partial charge in [-0.2, -0.15) is 0 Å². The molecule has 2 atom stereocenters. The van der Waals surface area contributed by atoms with Crippen molar-refractivity contribution in [3.05, 3.63) is 0 Å². The maximum atomic E-state index is 3.82. The average molecular weight is 266 g/mol. The molecule has 0 aromatic carbocycles. The van der Waals surface area contributed by atoms with Crippen LogP contribution in [0.5, 0.6) is 0 Å². The lowest BCUT2D eigenvalue weighted by Gasteiger charge is -2.50. The van der Waals surface area contributed by atoms with Crippen molar-refractivity contribution in [3.8, 4) is 0 Å². The summed E-state index contributed by atoms with van der Waals surface area (Å²) in [4.78, 5) is 2.83. The van der Waals surface area contributed by atoms with Crippen LogP contribution in [0.25, 0.3) is 0 Å². The van der Waals surface area contributed by atoms with Crippen LogP contribution in [-0.4, -0.2) is 36.1 Å². The van der Waals surface area contributed by atoms with Gasteiger partial charge in [0.05, 0.1) is 0 Å². The number of unbranched alkanes of at least 4 members (excludes halogenated alkanes) is 3. The predicted molar refractivity (Wildman–Crippen MR) is 83.5 cm³/mol. The lowest BCUT2D eigenvalue weighted by Crippen LogP contribution is -2.65. The molecule has 2 nitrogen and oxygen atoms in total. The molecule has 0 aromatic rings. The van der Waals surface area contributed by atoms with E-state index in [1.807, 2.05) is 0 Å². The maximum Gasteiger partial charge on any atom is 0.0334 e. The minimum absolute atomic E-state index is 0.442. The van der Waals surface area contributed by atoms with E-state index in [4.69, 9.17) is 0 Å². The molecule has 2 heteroatoms. The average Bonchev–Trinajstić information content (AvgIpc) is 3.20. The second-order valence-electron chi connectivity index (χ2n) is 7.37. The Kier molecular flexibility index (Phi) is 5.30. The van der Waals surface area contributed by atoms with Gasteiger partial charge >= 0.3 is 0 Å². The third kappa shape index (κ3) is 3.72. The zero-order valence-electron chi connectivity index (χ0n) is 13.5. The predicted octanol–water partition coefficient (Wildman–Crippen LogP) is 3.67. The van der Waals surface area contributed by atoms with E-state index in [1.165, 1.54) is 58.2 Å². The fourth-order valence-corrected chi connectivity index (χ4v) is 3.59. The zero-order chi connectivity index (χ0) is 13.9. The molecule has 2 unspecified atom stereocenters. The minimum atomic E-state index is 0.442. The highest BCUT2D eigenvalue weighted by atomic mass is 15.3. The number of nitrogens with zero attached hydrogens (tertiary/aromatic N) is 1. The smallest absolute Gasteiger partial charge is 0.0334 e. The van der Waals surface area contributed by atoms with Crippen LogP contribution in [0.3, 0.4) is 0 Å². The first kappa shape index (κ1) is 15.3. The van der Waals surface area contributed by atoms with Crippen molar-refractivity contribution in [1.29, 1.82) is 0 Å². The van der Waals surface area contributed by atoms with Crippen molar-refractivity contribution < 1.29 is 0 Å². The Hall–Kier alpha value is -0.0800. The summed E-state index contributed by atoms with van der Waals surface area (Å²) in [5.41, 5.74) is 0.442. The van der Waals surface area contributed by atoms with E-state index in [9.17, 15) is 0 Å². The van der Waals surface area contributed by atoms with Crippen molar-refractivity contribution in [3.63, 3.8) is 0 Å². The second kappa shape index (κ2) is 6.58. The molecule has 0 radical (unpaired) electrons. The number of rotatable bonds is 7. The normalized spacial score (nSPS) is 33.0. The summed E-state index contributed by atoms with van der Waals surface area (Å²) < 4.78 is 0. The first-order valence-electron chi connectivity index (χ1n) is 8.56. The quantitative estimate of drug-likeness (QED) is 0.707. The van der Waals surface area contributed by atoms with E-state index in [0.29, 0.717) is 11.6 Å². The highest BCUT2D eigenvalue weighted by molar-refractivity contribution is 5.05.